The second kappa shape index (κ2) is 9.58. The number of amides is 2. The van der Waals surface area contributed by atoms with Crippen LogP contribution in [0.1, 0.15) is 18.3 Å². The van der Waals surface area contributed by atoms with E-state index in [9.17, 15) is 9.59 Å². The number of carbonyl (C=O) groups is 2. The first-order valence-corrected chi connectivity index (χ1v) is 10.2. The number of benzene rings is 2. The van der Waals surface area contributed by atoms with Crippen molar-refractivity contribution in [3.63, 3.8) is 0 Å². The summed E-state index contributed by atoms with van der Waals surface area (Å²) in [6, 6.07) is 14.8. The maximum atomic E-state index is 12.3. The molecule has 1 aromatic heterocycles. The van der Waals surface area contributed by atoms with E-state index in [1.54, 1.807) is 12.1 Å². The van der Waals surface area contributed by atoms with Crippen molar-refractivity contribution in [3.05, 3.63) is 64.9 Å². The van der Waals surface area contributed by atoms with Gasteiger partial charge in [0.15, 0.2) is 5.16 Å². The Morgan fingerprint density at radius 2 is 1.93 bits per heavy atom. The van der Waals surface area contributed by atoms with Gasteiger partial charge in [0.05, 0.1) is 11.4 Å². The summed E-state index contributed by atoms with van der Waals surface area (Å²) in [4.78, 5) is 23.6. The summed E-state index contributed by atoms with van der Waals surface area (Å²) in [5.41, 5.74) is 2.34. The first-order valence-electron chi connectivity index (χ1n) is 8.87. The topological polar surface area (TPSA) is 88.9 Å². The van der Waals surface area contributed by atoms with E-state index in [-0.39, 0.29) is 17.6 Å². The molecule has 0 bridgehead atoms. The molecule has 150 valence electrons. The number of rotatable bonds is 7. The van der Waals surface area contributed by atoms with Crippen LogP contribution >= 0.6 is 23.4 Å². The van der Waals surface area contributed by atoms with Gasteiger partial charge in [0, 0.05) is 24.2 Å². The molecule has 0 unspecified atom stereocenters. The van der Waals surface area contributed by atoms with E-state index in [2.05, 4.69) is 20.8 Å². The van der Waals surface area contributed by atoms with Crippen molar-refractivity contribution in [2.24, 2.45) is 0 Å². The van der Waals surface area contributed by atoms with Crippen LogP contribution in [0.2, 0.25) is 5.02 Å². The summed E-state index contributed by atoms with van der Waals surface area (Å²) in [7, 11) is 0. The first-order chi connectivity index (χ1) is 13.9. The Kier molecular flexibility index (Phi) is 6.90. The van der Waals surface area contributed by atoms with Gasteiger partial charge < -0.3 is 10.6 Å². The molecule has 0 aliphatic heterocycles. The average molecular weight is 430 g/mol. The minimum absolute atomic E-state index is 0.130. The van der Waals surface area contributed by atoms with E-state index >= 15 is 0 Å². The van der Waals surface area contributed by atoms with E-state index in [1.165, 1.54) is 18.7 Å². The van der Waals surface area contributed by atoms with Gasteiger partial charge >= 0.3 is 0 Å². The fourth-order valence-electron chi connectivity index (χ4n) is 2.68. The zero-order chi connectivity index (χ0) is 20.8. The number of carbonyl (C=O) groups excluding carboxylic acids is 2. The number of anilines is 1. The highest BCUT2D eigenvalue weighted by Crippen LogP contribution is 2.23. The molecule has 0 fully saturated rings. The van der Waals surface area contributed by atoms with Crippen LogP contribution in [0, 0.1) is 6.92 Å². The highest BCUT2D eigenvalue weighted by molar-refractivity contribution is 7.99. The molecule has 3 aromatic rings. The quantitative estimate of drug-likeness (QED) is 0.560. The van der Waals surface area contributed by atoms with Gasteiger partial charge in [-0.2, -0.15) is 0 Å². The monoisotopic (exact) mass is 429 g/mol. The third-order valence-electron chi connectivity index (χ3n) is 3.99. The second-order valence-corrected chi connectivity index (χ2v) is 7.60. The predicted octanol–water partition coefficient (Wildman–Crippen LogP) is 3.60. The Morgan fingerprint density at radius 1 is 1.14 bits per heavy atom. The fraction of sp³-hybridized carbons (Fsp3) is 0.200. The molecule has 0 aliphatic rings. The molecule has 7 nitrogen and oxygen atoms in total. The van der Waals surface area contributed by atoms with Crippen LogP contribution in [-0.4, -0.2) is 32.3 Å². The predicted molar refractivity (Wildman–Crippen MR) is 114 cm³/mol. The van der Waals surface area contributed by atoms with E-state index < -0.39 is 0 Å². The number of aromatic nitrogens is 3. The van der Waals surface area contributed by atoms with Crippen molar-refractivity contribution in [1.29, 1.82) is 0 Å². The lowest BCUT2D eigenvalue weighted by atomic mass is 10.2. The van der Waals surface area contributed by atoms with Crippen LogP contribution in [0.25, 0.3) is 5.69 Å². The third-order valence-corrected chi connectivity index (χ3v) is 5.28. The molecule has 0 saturated heterocycles. The third kappa shape index (κ3) is 5.58. The van der Waals surface area contributed by atoms with Crippen LogP contribution in [0.3, 0.4) is 0 Å². The molecular weight excluding hydrogens is 410 g/mol. The summed E-state index contributed by atoms with van der Waals surface area (Å²) in [5.74, 6) is 0.596. The van der Waals surface area contributed by atoms with Crippen LogP contribution < -0.4 is 10.6 Å². The van der Waals surface area contributed by atoms with Crippen molar-refractivity contribution in [3.8, 4) is 5.69 Å². The fourth-order valence-corrected chi connectivity index (χ4v) is 3.71. The largest absolute Gasteiger partial charge is 0.351 e. The highest BCUT2D eigenvalue weighted by atomic mass is 35.5. The summed E-state index contributed by atoms with van der Waals surface area (Å²) in [6.07, 6.45) is 0. The van der Waals surface area contributed by atoms with Gasteiger partial charge in [-0.15, -0.1) is 10.2 Å². The summed E-state index contributed by atoms with van der Waals surface area (Å²) in [5, 5.41) is 15.1. The van der Waals surface area contributed by atoms with Gasteiger partial charge in [-0.25, -0.2) is 0 Å². The van der Waals surface area contributed by atoms with Gasteiger partial charge in [-0.05, 0) is 36.8 Å². The number of thioether (sulfide) groups is 1. The second-order valence-electron chi connectivity index (χ2n) is 6.25. The maximum absolute atomic E-state index is 12.3. The molecule has 0 radical (unpaired) electrons. The molecular formula is C20H20ClN5O2S. The Labute approximate surface area is 177 Å². The molecule has 0 saturated carbocycles. The van der Waals surface area contributed by atoms with Crippen molar-refractivity contribution >= 4 is 40.9 Å². The molecule has 0 atom stereocenters. The number of hydrogen-bond acceptors (Lipinski definition) is 5. The number of aryl methyl sites for hydroxylation is 1. The molecule has 0 aliphatic carbocycles. The van der Waals surface area contributed by atoms with Gasteiger partial charge in [-0.1, -0.05) is 47.6 Å². The van der Waals surface area contributed by atoms with E-state index in [4.69, 9.17) is 11.6 Å². The van der Waals surface area contributed by atoms with Crippen LogP contribution in [0.15, 0.2) is 53.7 Å². The van der Waals surface area contributed by atoms with E-state index in [1.807, 2.05) is 47.9 Å². The Balaban J connectivity index is 1.66. The molecule has 0 spiro atoms. The van der Waals surface area contributed by atoms with Crippen LogP contribution in [0.5, 0.6) is 0 Å². The van der Waals surface area contributed by atoms with Gasteiger partial charge in [0.2, 0.25) is 11.8 Å². The van der Waals surface area contributed by atoms with Gasteiger partial charge in [0.1, 0.15) is 5.82 Å². The standard InChI is InChI=1S/C20H20ClN5O2S/c1-13-24-25-20(26(13)17-8-5-7-16(10-17)23-14(2)27)29-12-19(28)22-11-15-6-3-4-9-18(15)21/h3-10H,11-12H2,1-2H3,(H,22,28)(H,23,27). The maximum Gasteiger partial charge on any atom is 0.230 e. The number of nitrogens with one attached hydrogen (secondary N) is 2. The number of hydrogen-bond donors (Lipinski definition) is 2. The van der Waals surface area contributed by atoms with E-state index in [0.717, 1.165) is 11.3 Å². The van der Waals surface area contributed by atoms with Gasteiger partial charge in [0.25, 0.3) is 0 Å². The highest BCUT2D eigenvalue weighted by Gasteiger charge is 2.14. The molecule has 29 heavy (non-hydrogen) atoms. The Hall–Kier alpha value is -2.84. The normalized spacial score (nSPS) is 10.6. The first kappa shape index (κ1) is 20.9. The van der Waals surface area contributed by atoms with Gasteiger partial charge in [-0.3, -0.25) is 14.2 Å². The minimum atomic E-state index is -0.146. The smallest absolute Gasteiger partial charge is 0.230 e. The van der Waals surface area contributed by atoms with Crippen molar-refractivity contribution < 1.29 is 9.59 Å². The zero-order valence-corrected chi connectivity index (χ0v) is 17.5. The molecule has 1 heterocycles. The Morgan fingerprint density at radius 3 is 2.69 bits per heavy atom. The van der Waals surface area contributed by atoms with Crippen LogP contribution in [-0.2, 0) is 16.1 Å². The SMILES string of the molecule is CC(=O)Nc1cccc(-n2c(C)nnc2SCC(=O)NCc2ccccc2Cl)c1. The van der Waals surface area contributed by atoms with Crippen molar-refractivity contribution in [1.82, 2.24) is 20.1 Å². The molecule has 2 N–H and O–H groups in total. The van der Waals surface area contributed by atoms with Crippen LogP contribution in [0.4, 0.5) is 5.69 Å². The number of halogens is 1. The summed E-state index contributed by atoms with van der Waals surface area (Å²) >= 11 is 7.40. The molecule has 3 rings (SSSR count). The van der Waals surface area contributed by atoms with Crippen molar-refractivity contribution in [2.45, 2.75) is 25.5 Å². The minimum Gasteiger partial charge on any atom is -0.351 e. The lowest BCUT2D eigenvalue weighted by Gasteiger charge is -2.11. The lowest BCUT2D eigenvalue weighted by Crippen LogP contribution is -2.24. The molecule has 9 heteroatoms. The number of nitrogens with zero attached hydrogens (tertiary/aromatic N) is 3. The summed E-state index contributed by atoms with van der Waals surface area (Å²) in [6.45, 7) is 3.66. The van der Waals surface area contributed by atoms with E-state index in [0.29, 0.717) is 28.2 Å². The molecule has 2 aromatic carbocycles. The Bertz CT molecular complexity index is 1040. The van der Waals surface area contributed by atoms with Crippen molar-refractivity contribution in [2.75, 3.05) is 11.1 Å². The lowest BCUT2D eigenvalue weighted by molar-refractivity contribution is -0.118. The zero-order valence-electron chi connectivity index (χ0n) is 16.0. The molecule has 2 amide bonds. The average Bonchev–Trinajstić information content (AvgIpc) is 3.06. The summed E-state index contributed by atoms with van der Waals surface area (Å²) < 4.78 is 1.84.